The molecule has 6 heteroatoms. The number of nitrogens with zero attached hydrogens (tertiary/aromatic N) is 2. The predicted octanol–water partition coefficient (Wildman–Crippen LogP) is 2.12. The van der Waals surface area contributed by atoms with E-state index in [0.717, 1.165) is 38.2 Å². The number of piperazine rings is 1. The van der Waals surface area contributed by atoms with E-state index in [2.05, 4.69) is 4.90 Å². The topological polar surface area (TPSA) is 49.9 Å². The quantitative estimate of drug-likeness (QED) is 0.727. The first-order valence-corrected chi connectivity index (χ1v) is 10.0. The van der Waals surface area contributed by atoms with Crippen molar-refractivity contribution in [3.8, 4) is 5.75 Å². The second-order valence-electron chi connectivity index (χ2n) is 6.08. The Morgan fingerprint density at radius 1 is 1.17 bits per heavy atom. The number of rotatable bonds is 8. The standard InChI is InChI=1S/C17H28N2O3S/c1-3-4-14-23(20,21)19-10-8-18(9-11-19)12-13-22-17-7-5-6-16(2)15-17/h5-7,15H,3-4,8-14H2,1-2H3. The van der Waals surface area contributed by atoms with Crippen molar-refractivity contribution in [2.75, 3.05) is 45.1 Å². The smallest absolute Gasteiger partial charge is 0.214 e. The summed E-state index contributed by atoms with van der Waals surface area (Å²) in [6, 6.07) is 8.03. The molecule has 23 heavy (non-hydrogen) atoms. The van der Waals surface area contributed by atoms with Crippen LogP contribution in [0.3, 0.4) is 0 Å². The van der Waals surface area contributed by atoms with E-state index >= 15 is 0 Å². The number of unbranched alkanes of at least 4 members (excludes halogenated alkanes) is 1. The predicted molar refractivity (Wildman–Crippen MR) is 93.4 cm³/mol. The van der Waals surface area contributed by atoms with Gasteiger partial charge >= 0.3 is 0 Å². The van der Waals surface area contributed by atoms with Crippen LogP contribution in [-0.4, -0.2) is 62.7 Å². The van der Waals surface area contributed by atoms with Gasteiger partial charge in [-0.15, -0.1) is 0 Å². The highest BCUT2D eigenvalue weighted by Gasteiger charge is 2.26. The van der Waals surface area contributed by atoms with Gasteiger partial charge in [-0.05, 0) is 31.0 Å². The zero-order chi connectivity index (χ0) is 16.7. The first kappa shape index (κ1) is 18.2. The molecule has 0 unspecified atom stereocenters. The largest absolute Gasteiger partial charge is 0.492 e. The minimum absolute atomic E-state index is 0.278. The highest BCUT2D eigenvalue weighted by molar-refractivity contribution is 7.89. The zero-order valence-electron chi connectivity index (χ0n) is 14.2. The van der Waals surface area contributed by atoms with Crippen LogP contribution in [0.25, 0.3) is 0 Å². The molecule has 1 aliphatic rings. The SMILES string of the molecule is CCCCS(=O)(=O)N1CCN(CCOc2cccc(C)c2)CC1. The van der Waals surface area contributed by atoms with Crippen LogP contribution in [0.2, 0.25) is 0 Å². The fourth-order valence-electron chi connectivity index (χ4n) is 2.68. The van der Waals surface area contributed by atoms with Crippen molar-refractivity contribution in [2.24, 2.45) is 0 Å². The van der Waals surface area contributed by atoms with Gasteiger partial charge in [-0.25, -0.2) is 8.42 Å². The van der Waals surface area contributed by atoms with Gasteiger partial charge in [-0.3, -0.25) is 4.90 Å². The molecular weight excluding hydrogens is 312 g/mol. The fraction of sp³-hybridized carbons (Fsp3) is 0.647. The highest BCUT2D eigenvalue weighted by Crippen LogP contribution is 2.13. The molecule has 0 radical (unpaired) electrons. The first-order chi connectivity index (χ1) is 11.0. The Bertz CT molecular complexity index is 581. The molecule has 0 bridgehead atoms. The lowest BCUT2D eigenvalue weighted by atomic mass is 10.2. The van der Waals surface area contributed by atoms with Gasteiger partial charge < -0.3 is 4.74 Å². The molecule has 0 amide bonds. The van der Waals surface area contributed by atoms with Crippen molar-refractivity contribution in [1.82, 2.24) is 9.21 Å². The Balaban J connectivity index is 1.70. The lowest BCUT2D eigenvalue weighted by molar-refractivity contribution is 0.159. The molecule has 1 fully saturated rings. The van der Waals surface area contributed by atoms with Gasteiger partial charge in [0.05, 0.1) is 5.75 Å². The monoisotopic (exact) mass is 340 g/mol. The number of sulfonamides is 1. The molecule has 1 aromatic rings. The third-order valence-corrected chi connectivity index (χ3v) is 6.10. The van der Waals surface area contributed by atoms with Crippen LogP contribution >= 0.6 is 0 Å². The molecule has 130 valence electrons. The van der Waals surface area contributed by atoms with Crippen molar-refractivity contribution < 1.29 is 13.2 Å². The molecule has 0 aromatic heterocycles. The van der Waals surface area contributed by atoms with Gasteiger partial charge in [0, 0.05) is 32.7 Å². The Morgan fingerprint density at radius 3 is 2.57 bits per heavy atom. The van der Waals surface area contributed by atoms with E-state index in [0.29, 0.717) is 19.7 Å². The van der Waals surface area contributed by atoms with Gasteiger partial charge in [0.2, 0.25) is 10.0 Å². The molecular formula is C17H28N2O3S. The maximum atomic E-state index is 12.2. The van der Waals surface area contributed by atoms with E-state index in [-0.39, 0.29) is 5.75 Å². The van der Waals surface area contributed by atoms with Crippen LogP contribution in [0, 0.1) is 6.92 Å². The lowest BCUT2D eigenvalue weighted by Crippen LogP contribution is -2.50. The first-order valence-electron chi connectivity index (χ1n) is 8.41. The molecule has 1 aliphatic heterocycles. The number of ether oxygens (including phenoxy) is 1. The van der Waals surface area contributed by atoms with Crippen LogP contribution in [0.4, 0.5) is 0 Å². The molecule has 1 saturated heterocycles. The third kappa shape index (κ3) is 5.79. The molecule has 1 heterocycles. The Morgan fingerprint density at radius 2 is 1.91 bits per heavy atom. The summed E-state index contributed by atoms with van der Waals surface area (Å²) in [5.41, 5.74) is 1.19. The van der Waals surface area contributed by atoms with Crippen molar-refractivity contribution in [3.05, 3.63) is 29.8 Å². The van der Waals surface area contributed by atoms with Crippen molar-refractivity contribution >= 4 is 10.0 Å². The van der Waals surface area contributed by atoms with Crippen molar-refractivity contribution in [1.29, 1.82) is 0 Å². The summed E-state index contributed by atoms with van der Waals surface area (Å²) in [7, 11) is -3.06. The van der Waals surface area contributed by atoms with Crippen LogP contribution < -0.4 is 4.74 Å². The molecule has 0 N–H and O–H groups in total. The van der Waals surface area contributed by atoms with Crippen LogP contribution in [-0.2, 0) is 10.0 Å². The van der Waals surface area contributed by atoms with Crippen molar-refractivity contribution in [2.45, 2.75) is 26.7 Å². The van der Waals surface area contributed by atoms with Crippen LogP contribution in [0.5, 0.6) is 5.75 Å². The molecule has 0 aliphatic carbocycles. The van der Waals surface area contributed by atoms with Crippen molar-refractivity contribution in [3.63, 3.8) is 0 Å². The molecule has 0 spiro atoms. The van der Waals surface area contributed by atoms with Gasteiger partial charge in [0.25, 0.3) is 0 Å². The van der Waals surface area contributed by atoms with E-state index in [4.69, 9.17) is 4.74 Å². The number of hydrogen-bond donors (Lipinski definition) is 0. The summed E-state index contributed by atoms with van der Waals surface area (Å²) in [4.78, 5) is 2.27. The summed E-state index contributed by atoms with van der Waals surface area (Å²) in [5.74, 6) is 1.17. The average Bonchev–Trinajstić information content (AvgIpc) is 2.54. The summed E-state index contributed by atoms with van der Waals surface area (Å²) in [5, 5.41) is 0. The summed E-state index contributed by atoms with van der Waals surface area (Å²) < 4.78 is 31.7. The average molecular weight is 340 g/mol. The fourth-order valence-corrected chi connectivity index (χ4v) is 4.32. The molecule has 5 nitrogen and oxygen atoms in total. The number of hydrogen-bond acceptors (Lipinski definition) is 4. The van der Waals surface area contributed by atoms with E-state index in [1.807, 2.05) is 38.1 Å². The summed E-state index contributed by atoms with van der Waals surface area (Å²) >= 11 is 0. The second kappa shape index (κ2) is 8.66. The van der Waals surface area contributed by atoms with E-state index in [9.17, 15) is 8.42 Å². The second-order valence-corrected chi connectivity index (χ2v) is 8.16. The van der Waals surface area contributed by atoms with Crippen LogP contribution in [0.15, 0.2) is 24.3 Å². The van der Waals surface area contributed by atoms with Gasteiger partial charge in [0.1, 0.15) is 12.4 Å². The zero-order valence-corrected chi connectivity index (χ0v) is 15.0. The summed E-state index contributed by atoms with van der Waals surface area (Å²) in [6.07, 6.45) is 1.66. The Hall–Kier alpha value is -1.11. The maximum Gasteiger partial charge on any atom is 0.214 e. The van der Waals surface area contributed by atoms with Gasteiger partial charge in [-0.1, -0.05) is 25.5 Å². The molecule has 2 rings (SSSR count). The van der Waals surface area contributed by atoms with Gasteiger partial charge in [0.15, 0.2) is 0 Å². The van der Waals surface area contributed by atoms with E-state index in [1.165, 1.54) is 5.56 Å². The highest BCUT2D eigenvalue weighted by atomic mass is 32.2. The molecule has 0 atom stereocenters. The lowest BCUT2D eigenvalue weighted by Gasteiger charge is -2.33. The minimum Gasteiger partial charge on any atom is -0.492 e. The van der Waals surface area contributed by atoms with Crippen LogP contribution in [0.1, 0.15) is 25.3 Å². The Labute approximate surface area is 140 Å². The van der Waals surface area contributed by atoms with E-state index in [1.54, 1.807) is 4.31 Å². The Kier molecular flexibility index (Phi) is 6.87. The number of aryl methyl sites for hydroxylation is 1. The summed E-state index contributed by atoms with van der Waals surface area (Å²) in [6.45, 7) is 8.27. The number of benzene rings is 1. The molecule has 1 aromatic carbocycles. The van der Waals surface area contributed by atoms with E-state index < -0.39 is 10.0 Å². The maximum absolute atomic E-state index is 12.2. The third-order valence-electron chi connectivity index (χ3n) is 4.15. The molecule has 0 saturated carbocycles. The minimum atomic E-state index is -3.06. The van der Waals surface area contributed by atoms with Gasteiger partial charge in [-0.2, -0.15) is 4.31 Å². The normalized spacial score (nSPS) is 17.3.